The van der Waals surface area contributed by atoms with Crippen molar-refractivity contribution in [2.24, 2.45) is 28.8 Å². The summed E-state index contributed by atoms with van der Waals surface area (Å²) in [6, 6.07) is -0.235. The summed E-state index contributed by atoms with van der Waals surface area (Å²) in [6.45, 7) is 0. The maximum atomic E-state index is 10.8. The van der Waals surface area contributed by atoms with Crippen molar-refractivity contribution in [3.8, 4) is 0 Å². The Labute approximate surface area is 104 Å². The van der Waals surface area contributed by atoms with E-state index in [0.717, 1.165) is 12.8 Å². The fourth-order valence-electron chi connectivity index (χ4n) is 4.04. The van der Waals surface area contributed by atoms with E-state index in [-0.39, 0.29) is 28.1 Å². The van der Waals surface area contributed by atoms with Crippen LogP contribution in [-0.2, 0) is 0 Å². The highest BCUT2D eigenvalue weighted by Crippen LogP contribution is 2.62. The monoisotopic (exact) mass is 267 g/mol. The van der Waals surface area contributed by atoms with Gasteiger partial charge in [0.25, 0.3) is 0 Å². The number of fused-ring (bicyclic) bond motifs is 5. The molecule has 0 radical (unpaired) electrons. The van der Waals surface area contributed by atoms with Crippen LogP contribution in [0.4, 0.5) is 0 Å². The third-order valence-electron chi connectivity index (χ3n) is 4.59. The van der Waals surface area contributed by atoms with E-state index in [4.69, 9.17) is 34.8 Å². The smallest absolute Gasteiger partial charge is 0.112 e. The van der Waals surface area contributed by atoms with Crippen LogP contribution in [0.15, 0.2) is 5.18 Å². The van der Waals surface area contributed by atoms with Gasteiger partial charge in [0.1, 0.15) is 6.04 Å². The van der Waals surface area contributed by atoms with Crippen LogP contribution in [0.1, 0.15) is 12.8 Å². The van der Waals surface area contributed by atoms with Crippen LogP contribution in [0.5, 0.6) is 0 Å². The van der Waals surface area contributed by atoms with Crippen molar-refractivity contribution in [1.29, 1.82) is 0 Å². The second-order valence-electron chi connectivity index (χ2n) is 5.04. The van der Waals surface area contributed by atoms with Crippen LogP contribution in [-0.4, -0.2) is 22.2 Å². The van der Waals surface area contributed by atoms with Crippen molar-refractivity contribution in [1.82, 2.24) is 0 Å². The first-order chi connectivity index (χ1) is 7.15. The van der Waals surface area contributed by atoms with Gasteiger partial charge in [-0.15, -0.1) is 34.8 Å². The van der Waals surface area contributed by atoms with Crippen molar-refractivity contribution in [3.63, 3.8) is 0 Å². The highest BCUT2D eigenvalue weighted by molar-refractivity contribution is 6.30. The SMILES string of the molecule is O=N[C@@H]1[C@H](Cl)[C@H]2C[C@@H]1[C@H]1[C@@H](Cl)[C@@H](Cl)C[C@H]21. The maximum absolute atomic E-state index is 10.8. The molecule has 15 heavy (non-hydrogen) atoms. The summed E-state index contributed by atoms with van der Waals surface area (Å²) in [6.07, 6.45) is 1.98. The maximum Gasteiger partial charge on any atom is 0.112 e. The van der Waals surface area contributed by atoms with Crippen LogP contribution in [0.25, 0.3) is 0 Å². The molecule has 3 saturated carbocycles. The average molecular weight is 269 g/mol. The summed E-state index contributed by atoms with van der Waals surface area (Å²) in [5.74, 6) is 1.60. The Morgan fingerprint density at radius 2 is 1.67 bits per heavy atom. The molecule has 8 atom stereocenters. The van der Waals surface area contributed by atoms with Gasteiger partial charge in [0.15, 0.2) is 0 Å². The topological polar surface area (TPSA) is 29.4 Å². The fraction of sp³-hybridized carbons (Fsp3) is 1.00. The van der Waals surface area contributed by atoms with E-state index in [9.17, 15) is 4.91 Å². The molecule has 0 spiro atoms. The van der Waals surface area contributed by atoms with Gasteiger partial charge in [-0.3, -0.25) is 0 Å². The van der Waals surface area contributed by atoms with Crippen molar-refractivity contribution in [2.45, 2.75) is 35.0 Å². The molecule has 3 aliphatic rings. The zero-order valence-corrected chi connectivity index (χ0v) is 10.3. The van der Waals surface area contributed by atoms with Gasteiger partial charge in [-0.25, -0.2) is 0 Å². The molecule has 0 amide bonds. The van der Waals surface area contributed by atoms with Crippen LogP contribution >= 0.6 is 34.8 Å². The molecule has 3 rings (SSSR count). The van der Waals surface area contributed by atoms with E-state index >= 15 is 0 Å². The molecule has 2 nitrogen and oxygen atoms in total. The first-order valence-electron chi connectivity index (χ1n) is 5.40. The highest BCUT2D eigenvalue weighted by atomic mass is 35.5. The molecular weight excluding hydrogens is 256 g/mol. The summed E-state index contributed by atoms with van der Waals surface area (Å²) < 4.78 is 0. The van der Waals surface area contributed by atoms with Crippen molar-refractivity contribution < 1.29 is 0 Å². The number of nitrogens with zero attached hydrogens (tertiary/aromatic N) is 1. The predicted molar refractivity (Wildman–Crippen MR) is 61.7 cm³/mol. The van der Waals surface area contributed by atoms with E-state index < -0.39 is 0 Å². The molecule has 0 aromatic rings. The van der Waals surface area contributed by atoms with Crippen LogP contribution in [0.3, 0.4) is 0 Å². The zero-order valence-electron chi connectivity index (χ0n) is 8.02. The van der Waals surface area contributed by atoms with Gasteiger partial charge in [-0.1, -0.05) is 5.18 Å². The zero-order chi connectivity index (χ0) is 10.7. The van der Waals surface area contributed by atoms with Crippen LogP contribution in [0.2, 0.25) is 0 Å². The van der Waals surface area contributed by atoms with Gasteiger partial charge in [0.2, 0.25) is 0 Å². The summed E-state index contributed by atoms with van der Waals surface area (Å²) in [4.78, 5) is 10.8. The van der Waals surface area contributed by atoms with Crippen molar-refractivity contribution in [3.05, 3.63) is 4.91 Å². The normalized spacial score (nSPS) is 62.1. The molecular formula is C10H12Cl3NO. The average Bonchev–Trinajstić information content (AvgIpc) is 2.79. The Hall–Kier alpha value is 0.470. The third kappa shape index (κ3) is 1.25. The van der Waals surface area contributed by atoms with Crippen LogP contribution < -0.4 is 0 Å². The number of rotatable bonds is 1. The van der Waals surface area contributed by atoms with Gasteiger partial charge in [0.05, 0.1) is 16.1 Å². The molecule has 0 saturated heterocycles. The summed E-state index contributed by atoms with van der Waals surface area (Å²) in [7, 11) is 0. The van der Waals surface area contributed by atoms with Gasteiger partial charge < -0.3 is 0 Å². The largest absolute Gasteiger partial charge is 0.150 e. The molecule has 5 heteroatoms. The fourth-order valence-corrected chi connectivity index (χ4v) is 5.42. The Bertz CT molecular complexity index is 300. The summed E-state index contributed by atoms with van der Waals surface area (Å²) in [5, 5.41) is 3.15. The lowest BCUT2D eigenvalue weighted by atomic mass is 9.79. The van der Waals surface area contributed by atoms with Crippen LogP contribution in [0, 0.1) is 28.6 Å². The molecule has 0 aromatic heterocycles. The highest BCUT2D eigenvalue weighted by Gasteiger charge is 2.63. The van der Waals surface area contributed by atoms with E-state index in [1.165, 1.54) is 0 Å². The molecule has 3 fully saturated rings. The Balaban J connectivity index is 1.92. The molecule has 0 N–H and O–H groups in total. The molecule has 2 bridgehead atoms. The van der Waals surface area contributed by atoms with Gasteiger partial charge in [-0.2, -0.15) is 4.91 Å². The number of alkyl halides is 3. The molecule has 0 heterocycles. The number of nitroso groups, excluding NO2 is 1. The summed E-state index contributed by atoms with van der Waals surface area (Å²) >= 11 is 18.7. The van der Waals surface area contributed by atoms with Crippen molar-refractivity contribution >= 4 is 34.8 Å². The number of hydrogen-bond donors (Lipinski definition) is 0. The minimum absolute atomic E-state index is 0.0000772. The molecule has 0 unspecified atom stereocenters. The molecule has 84 valence electrons. The number of halogens is 3. The van der Waals surface area contributed by atoms with Crippen molar-refractivity contribution in [2.75, 3.05) is 0 Å². The minimum atomic E-state index is -0.235. The molecule has 3 aliphatic carbocycles. The Kier molecular flexibility index (Phi) is 2.46. The van der Waals surface area contributed by atoms with Gasteiger partial charge >= 0.3 is 0 Å². The lowest BCUT2D eigenvalue weighted by Gasteiger charge is -2.32. The second kappa shape index (κ2) is 3.48. The quantitative estimate of drug-likeness (QED) is 0.530. The Morgan fingerprint density at radius 3 is 2.33 bits per heavy atom. The van der Waals surface area contributed by atoms with E-state index in [2.05, 4.69) is 5.18 Å². The lowest BCUT2D eigenvalue weighted by molar-refractivity contribution is 0.240. The standard InChI is InChI=1S/C10H12Cl3NO/c11-6-2-3-4-1-5(7(3)9(6)13)10(14-15)8(4)12/h3-10H,1-2H2/t3-,4+,5-,6+,7+,8-,9+,10+/m1/s1. The van der Waals surface area contributed by atoms with Gasteiger partial charge in [0, 0.05) is 0 Å². The number of hydrogen-bond acceptors (Lipinski definition) is 2. The van der Waals surface area contributed by atoms with E-state index in [0.29, 0.717) is 17.8 Å². The molecule has 0 aliphatic heterocycles. The lowest BCUT2D eigenvalue weighted by Crippen LogP contribution is -2.38. The van der Waals surface area contributed by atoms with Gasteiger partial charge in [-0.05, 0) is 36.5 Å². The first kappa shape index (κ1) is 10.6. The summed E-state index contributed by atoms with van der Waals surface area (Å²) in [5.41, 5.74) is 0. The minimum Gasteiger partial charge on any atom is -0.150 e. The molecule has 0 aromatic carbocycles. The predicted octanol–water partition coefficient (Wildman–Crippen LogP) is 3.23. The van der Waals surface area contributed by atoms with E-state index in [1.54, 1.807) is 0 Å². The second-order valence-corrected chi connectivity index (χ2v) is 6.61. The van der Waals surface area contributed by atoms with E-state index in [1.807, 2.05) is 0 Å². The Morgan fingerprint density at radius 1 is 0.933 bits per heavy atom. The third-order valence-corrected chi connectivity index (χ3v) is 6.34. The first-order valence-corrected chi connectivity index (χ1v) is 6.70.